The van der Waals surface area contributed by atoms with Gasteiger partial charge in [0.1, 0.15) is 5.60 Å². The van der Waals surface area contributed by atoms with Gasteiger partial charge in [-0.15, -0.1) is 0 Å². The Hall–Kier alpha value is -1.59. The first-order chi connectivity index (χ1) is 11.9. The van der Waals surface area contributed by atoms with E-state index >= 15 is 0 Å². The van der Waals surface area contributed by atoms with Crippen molar-refractivity contribution in [3.63, 3.8) is 0 Å². The molecule has 1 aromatic carbocycles. The van der Waals surface area contributed by atoms with E-state index in [9.17, 15) is 4.79 Å². The molecule has 1 saturated heterocycles. The van der Waals surface area contributed by atoms with Crippen LogP contribution in [0.2, 0.25) is 0 Å². The van der Waals surface area contributed by atoms with E-state index in [-0.39, 0.29) is 6.09 Å². The number of hydrogen-bond acceptors (Lipinski definition) is 4. The number of rotatable bonds is 7. The molecule has 25 heavy (non-hydrogen) atoms. The summed E-state index contributed by atoms with van der Waals surface area (Å²) in [6, 6.07) is 8.60. The fraction of sp³-hybridized carbons (Fsp3) is 0.650. The quantitative estimate of drug-likeness (QED) is 0.710. The Morgan fingerprint density at radius 1 is 1.16 bits per heavy atom. The Labute approximate surface area is 151 Å². The molecule has 0 bridgehead atoms. The first-order valence-corrected chi connectivity index (χ1v) is 9.38. The second-order valence-electron chi connectivity index (χ2n) is 7.82. The molecule has 5 nitrogen and oxygen atoms in total. The number of carbonyl (C=O) groups is 1. The lowest BCUT2D eigenvalue weighted by Gasteiger charge is -2.22. The van der Waals surface area contributed by atoms with Crippen LogP contribution in [0.4, 0.5) is 4.79 Å². The molecule has 1 amide bonds. The molecule has 0 unspecified atom stereocenters. The molecule has 0 spiro atoms. The van der Waals surface area contributed by atoms with Gasteiger partial charge in [-0.1, -0.05) is 24.3 Å². The van der Waals surface area contributed by atoms with Gasteiger partial charge < -0.3 is 20.7 Å². The van der Waals surface area contributed by atoms with Gasteiger partial charge in [-0.3, -0.25) is 0 Å². The van der Waals surface area contributed by atoms with E-state index in [1.54, 1.807) is 0 Å². The van der Waals surface area contributed by atoms with Gasteiger partial charge in [0, 0.05) is 13.1 Å². The third-order valence-electron chi connectivity index (χ3n) is 4.33. The van der Waals surface area contributed by atoms with E-state index in [0.717, 1.165) is 38.5 Å². The van der Waals surface area contributed by atoms with Crippen LogP contribution in [0.25, 0.3) is 0 Å². The molecule has 3 N–H and O–H groups in total. The number of ether oxygens (including phenoxy) is 1. The van der Waals surface area contributed by atoms with Crippen molar-refractivity contribution in [3.05, 3.63) is 35.4 Å². The molecule has 2 rings (SSSR count). The highest BCUT2D eigenvalue weighted by atomic mass is 16.6. The van der Waals surface area contributed by atoms with Crippen LogP contribution in [0.3, 0.4) is 0 Å². The lowest BCUT2D eigenvalue weighted by Crippen LogP contribution is -2.33. The molecule has 0 aromatic heterocycles. The highest BCUT2D eigenvalue weighted by Gasteiger charge is 2.15. The maximum absolute atomic E-state index is 11.6. The Kier molecular flexibility index (Phi) is 7.72. The molecule has 5 heteroatoms. The molecular formula is C20H33N3O2. The van der Waals surface area contributed by atoms with Crippen molar-refractivity contribution >= 4 is 6.09 Å². The SMILES string of the molecule is CC(C)(C)OC(=O)NCCc1ccc(CNCC2CCNCC2)cc1. The number of benzene rings is 1. The van der Waals surface area contributed by atoms with Crippen LogP contribution in [0.15, 0.2) is 24.3 Å². The Morgan fingerprint density at radius 3 is 2.44 bits per heavy atom. The summed E-state index contributed by atoms with van der Waals surface area (Å²) in [6.07, 6.45) is 3.00. The summed E-state index contributed by atoms with van der Waals surface area (Å²) in [5.74, 6) is 0.805. The number of hydrogen-bond donors (Lipinski definition) is 3. The third-order valence-corrected chi connectivity index (χ3v) is 4.33. The van der Waals surface area contributed by atoms with E-state index < -0.39 is 5.60 Å². The van der Waals surface area contributed by atoms with E-state index in [1.165, 1.54) is 24.0 Å². The van der Waals surface area contributed by atoms with Crippen LogP contribution in [0.1, 0.15) is 44.7 Å². The van der Waals surface area contributed by atoms with Gasteiger partial charge in [-0.05, 0) is 76.7 Å². The summed E-state index contributed by atoms with van der Waals surface area (Å²) in [4.78, 5) is 11.6. The van der Waals surface area contributed by atoms with Crippen LogP contribution in [-0.4, -0.2) is 37.9 Å². The molecule has 0 atom stereocenters. The Morgan fingerprint density at radius 2 is 1.80 bits per heavy atom. The van der Waals surface area contributed by atoms with E-state index in [1.807, 2.05) is 20.8 Å². The predicted octanol–water partition coefficient (Wildman–Crippen LogP) is 2.84. The van der Waals surface area contributed by atoms with Crippen LogP contribution in [-0.2, 0) is 17.7 Å². The van der Waals surface area contributed by atoms with Gasteiger partial charge in [0.05, 0.1) is 0 Å². The smallest absolute Gasteiger partial charge is 0.407 e. The van der Waals surface area contributed by atoms with Crippen LogP contribution >= 0.6 is 0 Å². The second-order valence-corrected chi connectivity index (χ2v) is 7.82. The van der Waals surface area contributed by atoms with Gasteiger partial charge in [-0.2, -0.15) is 0 Å². The first-order valence-electron chi connectivity index (χ1n) is 9.38. The normalized spacial score (nSPS) is 15.8. The largest absolute Gasteiger partial charge is 0.444 e. The average Bonchev–Trinajstić information content (AvgIpc) is 2.56. The summed E-state index contributed by atoms with van der Waals surface area (Å²) in [7, 11) is 0. The summed E-state index contributed by atoms with van der Waals surface area (Å²) >= 11 is 0. The zero-order valence-corrected chi connectivity index (χ0v) is 15.9. The van der Waals surface area contributed by atoms with E-state index in [2.05, 4.69) is 40.2 Å². The van der Waals surface area contributed by atoms with Gasteiger partial charge in [-0.25, -0.2) is 4.79 Å². The van der Waals surface area contributed by atoms with Crippen molar-refractivity contribution in [3.8, 4) is 0 Å². The maximum atomic E-state index is 11.6. The minimum absolute atomic E-state index is 0.355. The van der Waals surface area contributed by atoms with Gasteiger partial charge in [0.25, 0.3) is 0 Å². The van der Waals surface area contributed by atoms with Crippen LogP contribution < -0.4 is 16.0 Å². The molecule has 0 saturated carbocycles. The molecule has 1 fully saturated rings. The average molecular weight is 348 g/mol. The first kappa shape index (κ1) is 19.7. The molecule has 1 aliphatic rings. The molecule has 1 aromatic rings. The zero-order valence-electron chi connectivity index (χ0n) is 15.9. The van der Waals surface area contributed by atoms with E-state index in [0.29, 0.717) is 6.54 Å². The number of amides is 1. The maximum Gasteiger partial charge on any atom is 0.407 e. The van der Waals surface area contributed by atoms with Crippen LogP contribution in [0.5, 0.6) is 0 Å². The monoisotopic (exact) mass is 347 g/mol. The standard InChI is InChI=1S/C20H33N3O2/c1-20(2,3)25-19(24)23-13-10-16-4-6-17(7-5-16)14-22-15-18-8-11-21-12-9-18/h4-7,18,21-22H,8-15H2,1-3H3,(H,23,24). The molecule has 0 radical (unpaired) electrons. The molecule has 0 aliphatic carbocycles. The third kappa shape index (κ3) is 8.36. The number of nitrogens with one attached hydrogen (secondary N) is 3. The summed E-state index contributed by atoms with van der Waals surface area (Å²) in [5.41, 5.74) is 2.07. The van der Waals surface area contributed by atoms with Gasteiger partial charge >= 0.3 is 6.09 Å². The summed E-state index contributed by atoms with van der Waals surface area (Å²) in [5, 5.41) is 9.77. The predicted molar refractivity (Wildman–Crippen MR) is 102 cm³/mol. The van der Waals surface area contributed by atoms with Crippen molar-refractivity contribution in [2.45, 2.75) is 52.2 Å². The lowest BCUT2D eigenvalue weighted by molar-refractivity contribution is 0.0528. The lowest BCUT2D eigenvalue weighted by atomic mass is 9.98. The summed E-state index contributed by atoms with van der Waals surface area (Å²) < 4.78 is 5.23. The highest BCUT2D eigenvalue weighted by Crippen LogP contribution is 2.11. The van der Waals surface area contributed by atoms with Crippen molar-refractivity contribution in [2.24, 2.45) is 5.92 Å². The zero-order chi connectivity index (χ0) is 18.1. The second kappa shape index (κ2) is 9.78. The Balaban J connectivity index is 1.63. The minimum atomic E-state index is -0.452. The summed E-state index contributed by atoms with van der Waals surface area (Å²) in [6.45, 7) is 10.5. The topological polar surface area (TPSA) is 62.4 Å². The van der Waals surface area contributed by atoms with Crippen molar-refractivity contribution in [1.82, 2.24) is 16.0 Å². The molecule has 140 valence electrons. The number of carbonyl (C=O) groups excluding carboxylic acids is 1. The number of piperidine rings is 1. The molecular weight excluding hydrogens is 314 g/mol. The fourth-order valence-corrected chi connectivity index (χ4v) is 2.95. The van der Waals surface area contributed by atoms with Gasteiger partial charge in [0.2, 0.25) is 0 Å². The Bertz CT molecular complexity index is 517. The molecule has 1 aliphatic heterocycles. The van der Waals surface area contributed by atoms with Gasteiger partial charge in [0.15, 0.2) is 0 Å². The van der Waals surface area contributed by atoms with Crippen molar-refractivity contribution < 1.29 is 9.53 Å². The number of alkyl carbamates (subject to hydrolysis) is 1. The fourth-order valence-electron chi connectivity index (χ4n) is 2.95. The van der Waals surface area contributed by atoms with Crippen molar-refractivity contribution in [1.29, 1.82) is 0 Å². The molecule has 1 heterocycles. The van der Waals surface area contributed by atoms with E-state index in [4.69, 9.17) is 4.74 Å². The minimum Gasteiger partial charge on any atom is -0.444 e. The van der Waals surface area contributed by atoms with Crippen molar-refractivity contribution in [2.75, 3.05) is 26.2 Å². The van der Waals surface area contributed by atoms with Crippen LogP contribution in [0, 0.1) is 5.92 Å². The highest BCUT2D eigenvalue weighted by molar-refractivity contribution is 5.67.